The summed E-state index contributed by atoms with van der Waals surface area (Å²) in [5.41, 5.74) is 0. The largest absolute Gasteiger partial charge is 0.482 e. The molecule has 0 aliphatic rings. The minimum absolute atomic E-state index is 0.262. The fraction of sp³-hybridized carbons (Fsp3) is 0.385. The van der Waals surface area contributed by atoms with Gasteiger partial charge in [0.05, 0.1) is 5.02 Å². The lowest BCUT2D eigenvalue weighted by atomic mass is 10.2. The van der Waals surface area contributed by atoms with Gasteiger partial charge >= 0.3 is 5.97 Å². The minimum atomic E-state index is -1.04. The Kier molecular flexibility index (Phi) is 6.29. The van der Waals surface area contributed by atoms with E-state index in [4.69, 9.17) is 21.4 Å². The van der Waals surface area contributed by atoms with Crippen LogP contribution in [-0.2, 0) is 9.59 Å². The van der Waals surface area contributed by atoms with Crippen LogP contribution in [0.3, 0.4) is 0 Å². The van der Waals surface area contributed by atoms with Gasteiger partial charge in [-0.15, -0.1) is 0 Å². The standard InChI is InChI=1S/C13H15BrClNO4/c1-3-10(13(18)19)16(2)12(17)7-20-11-5-4-8(14)6-9(11)15/h4-6,10H,3,7H2,1-2H3,(H,18,19). The van der Waals surface area contributed by atoms with Crippen molar-refractivity contribution in [1.82, 2.24) is 4.90 Å². The van der Waals surface area contributed by atoms with E-state index >= 15 is 0 Å². The smallest absolute Gasteiger partial charge is 0.326 e. The second kappa shape index (κ2) is 7.50. The molecule has 5 nitrogen and oxygen atoms in total. The molecule has 1 rings (SSSR count). The average molecular weight is 365 g/mol. The van der Waals surface area contributed by atoms with Gasteiger partial charge in [-0.3, -0.25) is 4.79 Å². The number of carboxylic acid groups (broad SMARTS) is 1. The number of nitrogens with zero attached hydrogens (tertiary/aromatic N) is 1. The minimum Gasteiger partial charge on any atom is -0.482 e. The van der Waals surface area contributed by atoms with Gasteiger partial charge < -0.3 is 14.7 Å². The normalized spacial score (nSPS) is 11.8. The predicted octanol–water partition coefficient (Wildman–Crippen LogP) is 2.80. The maximum atomic E-state index is 11.9. The lowest BCUT2D eigenvalue weighted by molar-refractivity contribution is -0.149. The molecule has 1 N–H and O–H groups in total. The molecule has 1 atom stereocenters. The Bertz CT molecular complexity index is 509. The summed E-state index contributed by atoms with van der Waals surface area (Å²) < 4.78 is 6.11. The number of benzene rings is 1. The van der Waals surface area contributed by atoms with Gasteiger partial charge in [0.25, 0.3) is 5.91 Å². The van der Waals surface area contributed by atoms with Crippen LogP contribution in [0.25, 0.3) is 0 Å². The first-order valence-corrected chi connectivity index (χ1v) is 7.10. The van der Waals surface area contributed by atoms with Crippen LogP contribution in [0.15, 0.2) is 22.7 Å². The van der Waals surface area contributed by atoms with Crippen molar-refractivity contribution in [2.75, 3.05) is 13.7 Å². The molecule has 1 amide bonds. The number of carboxylic acids is 1. The molecule has 0 aliphatic heterocycles. The van der Waals surface area contributed by atoms with Gasteiger partial charge in [-0.2, -0.15) is 0 Å². The van der Waals surface area contributed by atoms with Crippen molar-refractivity contribution in [3.63, 3.8) is 0 Å². The van der Waals surface area contributed by atoms with Crippen molar-refractivity contribution in [1.29, 1.82) is 0 Å². The van der Waals surface area contributed by atoms with Crippen molar-refractivity contribution in [2.24, 2.45) is 0 Å². The SMILES string of the molecule is CCC(C(=O)O)N(C)C(=O)COc1ccc(Br)cc1Cl. The van der Waals surface area contributed by atoms with Crippen LogP contribution < -0.4 is 4.74 Å². The van der Waals surface area contributed by atoms with E-state index in [2.05, 4.69) is 15.9 Å². The Labute approximate surface area is 130 Å². The molecule has 0 saturated heterocycles. The van der Waals surface area contributed by atoms with Crippen LogP contribution in [0, 0.1) is 0 Å². The first-order valence-electron chi connectivity index (χ1n) is 5.93. The summed E-state index contributed by atoms with van der Waals surface area (Å²) in [4.78, 5) is 24.0. The van der Waals surface area contributed by atoms with Gasteiger partial charge in [0.15, 0.2) is 6.61 Å². The number of aliphatic carboxylic acids is 1. The molecule has 110 valence electrons. The van der Waals surface area contributed by atoms with Crippen LogP contribution in [0.4, 0.5) is 0 Å². The van der Waals surface area contributed by atoms with E-state index in [9.17, 15) is 9.59 Å². The molecule has 0 aromatic heterocycles. The lowest BCUT2D eigenvalue weighted by Crippen LogP contribution is -2.44. The molecule has 20 heavy (non-hydrogen) atoms. The van der Waals surface area contributed by atoms with Gasteiger partial charge in [0.2, 0.25) is 0 Å². The summed E-state index contributed by atoms with van der Waals surface area (Å²) in [6.07, 6.45) is 0.330. The highest BCUT2D eigenvalue weighted by Crippen LogP contribution is 2.27. The molecule has 0 aliphatic carbocycles. The van der Waals surface area contributed by atoms with E-state index in [1.165, 1.54) is 7.05 Å². The Morgan fingerprint density at radius 2 is 2.15 bits per heavy atom. The zero-order chi connectivity index (χ0) is 15.3. The van der Waals surface area contributed by atoms with Gasteiger partial charge in [-0.25, -0.2) is 4.79 Å². The summed E-state index contributed by atoms with van der Waals surface area (Å²) >= 11 is 9.22. The van der Waals surface area contributed by atoms with Crippen LogP contribution in [0.5, 0.6) is 5.75 Å². The topological polar surface area (TPSA) is 66.8 Å². The molecule has 0 saturated carbocycles. The summed E-state index contributed by atoms with van der Waals surface area (Å²) in [7, 11) is 1.44. The Morgan fingerprint density at radius 3 is 2.65 bits per heavy atom. The Balaban J connectivity index is 2.65. The zero-order valence-electron chi connectivity index (χ0n) is 11.1. The fourth-order valence-electron chi connectivity index (χ4n) is 1.62. The quantitative estimate of drug-likeness (QED) is 0.843. The highest BCUT2D eigenvalue weighted by atomic mass is 79.9. The second-order valence-corrected chi connectivity index (χ2v) is 5.45. The number of halogens is 2. The summed E-state index contributed by atoms with van der Waals surface area (Å²) in [5, 5.41) is 9.37. The van der Waals surface area contributed by atoms with Gasteiger partial charge in [-0.05, 0) is 24.6 Å². The fourth-order valence-corrected chi connectivity index (χ4v) is 2.35. The highest BCUT2D eigenvalue weighted by Gasteiger charge is 2.24. The monoisotopic (exact) mass is 363 g/mol. The number of likely N-dealkylation sites (N-methyl/N-ethyl adjacent to an activating group) is 1. The van der Waals surface area contributed by atoms with Crippen molar-refractivity contribution >= 4 is 39.4 Å². The first kappa shape index (κ1) is 16.8. The van der Waals surface area contributed by atoms with Crippen molar-refractivity contribution in [2.45, 2.75) is 19.4 Å². The lowest BCUT2D eigenvalue weighted by Gasteiger charge is -2.23. The molecule has 7 heteroatoms. The van der Waals surface area contributed by atoms with Gasteiger partial charge in [-0.1, -0.05) is 34.5 Å². The maximum Gasteiger partial charge on any atom is 0.326 e. The summed E-state index contributed by atoms with van der Waals surface area (Å²) in [6.45, 7) is 1.44. The van der Waals surface area contributed by atoms with Crippen molar-refractivity contribution < 1.29 is 19.4 Å². The second-order valence-electron chi connectivity index (χ2n) is 4.13. The molecule has 0 heterocycles. The average Bonchev–Trinajstić information content (AvgIpc) is 2.37. The van der Waals surface area contributed by atoms with E-state index < -0.39 is 17.9 Å². The van der Waals surface area contributed by atoms with Crippen LogP contribution in [0.1, 0.15) is 13.3 Å². The molecule has 1 unspecified atom stereocenters. The summed E-state index contributed by atoms with van der Waals surface area (Å²) in [6, 6.07) is 4.17. The Hall–Kier alpha value is -1.27. The van der Waals surface area contributed by atoms with Crippen LogP contribution in [0.2, 0.25) is 5.02 Å². The van der Waals surface area contributed by atoms with E-state index in [1.54, 1.807) is 25.1 Å². The molecular formula is C13H15BrClNO4. The third-order valence-corrected chi connectivity index (χ3v) is 3.57. The Morgan fingerprint density at radius 1 is 1.50 bits per heavy atom. The molecule has 0 spiro atoms. The molecule has 1 aromatic carbocycles. The molecule has 0 bridgehead atoms. The molecule has 1 aromatic rings. The van der Waals surface area contributed by atoms with Gasteiger partial charge in [0, 0.05) is 11.5 Å². The van der Waals surface area contributed by atoms with Crippen molar-refractivity contribution in [3.8, 4) is 5.75 Å². The number of hydrogen-bond acceptors (Lipinski definition) is 3. The number of carbonyl (C=O) groups excluding carboxylic acids is 1. The number of amides is 1. The van der Waals surface area contributed by atoms with Crippen LogP contribution in [-0.4, -0.2) is 41.6 Å². The molecule has 0 fully saturated rings. The number of hydrogen-bond donors (Lipinski definition) is 1. The van der Waals surface area contributed by atoms with E-state index in [0.29, 0.717) is 17.2 Å². The number of ether oxygens (including phenoxy) is 1. The van der Waals surface area contributed by atoms with Crippen LogP contribution >= 0.6 is 27.5 Å². The first-order chi connectivity index (χ1) is 9.36. The summed E-state index contributed by atoms with van der Waals surface area (Å²) in [5.74, 6) is -1.08. The zero-order valence-corrected chi connectivity index (χ0v) is 13.4. The van der Waals surface area contributed by atoms with E-state index in [1.807, 2.05) is 0 Å². The third-order valence-electron chi connectivity index (χ3n) is 2.78. The van der Waals surface area contributed by atoms with E-state index in [-0.39, 0.29) is 6.61 Å². The van der Waals surface area contributed by atoms with E-state index in [0.717, 1.165) is 9.37 Å². The third kappa shape index (κ3) is 4.38. The molecule has 0 radical (unpaired) electrons. The van der Waals surface area contributed by atoms with Gasteiger partial charge in [0.1, 0.15) is 11.8 Å². The number of carbonyl (C=O) groups is 2. The molecular weight excluding hydrogens is 350 g/mol. The van der Waals surface area contributed by atoms with Crippen molar-refractivity contribution in [3.05, 3.63) is 27.7 Å². The highest BCUT2D eigenvalue weighted by molar-refractivity contribution is 9.10. The number of rotatable bonds is 6. The maximum absolute atomic E-state index is 11.9. The predicted molar refractivity (Wildman–Crippen MR) is 79.1 cm³/mol.